The van der Waals surface area contributed by atoms with Gasteiger partial charge in [0.2, 0.25) is 5.91 Å². The third-order valence-electron chi connectivity index (χ3n) is 3.17. The Morgan fingerprint density at radius 1 is 1.37 bits per heavy atom. The summed E-state index contributed by atoms with van der Waals surface area (Å²) < 4.78 is 5.36. The smallest absolute Gasteiger partial charge is 0.222 e. The Hall–Kier alpha value is -1.39. The lowest BCUT2D eigenvalue weighted by Crippen LogP contribution is -2.24. The summed E-state index contributed by atoms with van der Waals surface area (Å²) in [6.45, 7) is 6.90. The summed E-state index contributed by atoms with van der Waals surface area (Å²) in [5, 5.41) is 6.24. The highest BCUT2D eigenvalue weighted by Crippen LogP contribution is 2.16. The zero-order valence-electron chi connectivity index (χ0n) is 11.7. The van der Waals surface area contributed by atoms with Crippen molar-refractivity contribution in [1.82, 2.24) is 10.6 Å². The van der Waals surface area contributed by atoms with Gasteiger partial charge in [0.15, 0.2) is 0 Å². The van der Waals surface area contributed by atoms with Gasteiger partial charge in [-0.25, -0.2) is 0 Å². The molecule has 0 bridgehead atoms. The minimum Gasteiger partial charge on any atom is -0.378 e. The third kappa shape index (κ3) is 4.33. The fraction of sp³-hybridized carbons (Fsp3) is 0.533. The van der Waals surface area contributed by atoms with Crippen molar-refractivity contribution in [3.05, 3.63) is 34.9 Å². The summed E-state index contributed by atoms with van der Waals surface area (Å²) in [5.74, 6) is 0.0410. The fourth-order valence-corrected chi connectivity index (χ4v) is 2.13. The van der Waals surface area contributed by atoms with Gasteiger partial charge in [-0.15, -0.1) is 0 Å². The van der Waals surface area contributed by atoms with Crippen LogP contribution in [0.5, 0.6) is 0 Å². The van der Waals surface area contributed by atoms with Crippen LogP contribution in [0.2, 0.25) is 0 Å². The second-order valence-corrected chi connectivity index (χ2v) is 5.15. The Balaban J connectivity index is 1.74. The summed E-state index contributed by atoms with van der Waals surface area (Å²) in [6, 6.07) is 6.38. The fourth-order valence-electron chi connectivity index (χ4n) is 2.13. The molecule has 0 saturated heterocycles. The Morgan fingerprint density at radius 2 is 2.16 bits per heavy atom. The average Bonchev–Trinajstić information content (AvgIpc) is 2.83. The molecule has 19 heavy (non-hydrogen) atoms. The first-order valence-electron chi connectivity index (χ1n) is 6.85. The van der Waals surface area contributed by atoms with Crippen molar-refractivity contribution in [3.63, 3.8) is 0 Å². The molecule has 0 spiro atoms. The lowest BCUT2D eigenvalue weighted by Gasteiger charge is -2.09. The Labute approximate surface area is 114 Å². The molecule has 0 unspecified atom stereocenters. The molecule has 1 aromatic rings. The zero-order chi connectivity index (χ0) is 13.7. The van der Waals surface area contributed by atoms with Crippen molar-refractivity contribution in [2.24, 2.45) is 0 Å². The van der Waals surface area contributed by atoms with Crippen LogP contribution in [-0.4, -0.2) is 18.6 Å². The maximum absolute atomic E-state index is 11.6. The molecule has 0 saturated carbocycles. The molecule has 0 aliphatic carbocycles. The van der Waals surface area contributed by atoms with Gasteiger partial charge in [-0.05, 0) is 30.5 Å². The number of amides is 1. The second kappa shape index (κ2) is 6.68. The van der Waals surface area contributed by atoms with E-state index in [1.54, 1.807) is 0 Å². The van der Waals surface area contributed by atoms with Crippen LogP contribution in [0, 0.1) is 0 Å². The topological polar surface area (TPSA) is 50.4 Å². The average molecular weight is 262 g/mol. The van der Waals surface area contributed by atoms with E-state index >= 15 is 0 Å². The van der Waals surface area contributed by atoms with Crippen LogP contribution < -0.4 is 10.6 Å². The summed E-state index contributed by atoms with van der Waals surface area (Å²) in [5.41, 5.74) is 3.86. The van der Waals surface area contributed by atoms with Gasteiger partial charge in [0.25, 0.3) is 0 Å². The van der Waals surface area contributed by atoms with E-state index in [2.05, 4.69) is 28.8 Å². The van der Waals surface area contributed by atoms with E-state index in [-0.39, 0.29) is 12.0 Å². The molecule has 0 fully saturated rings. The van der Waals surface area contributed by atoms with E-state index in [1.807, 2.05) is 13.8 Å². The van der Waals surface area contributed by atoms with E-state index in [0.29, 0.717) is 19.6 Å². The van der Waals surface area contributed by atoms with Crippen molar-refractivity contribution in [2.75, 3.05) is 6.61 Å². The van der Waals surface area contributed by atoms with Gasteiger partial charge in [-0.2, -0.15) is 0 Å². The van der Waals surface area contributed by atoms with Crippen molar-refractivity contribution in [3.8, 4) is 0 Å². The van der Waals surface area contributed by atoms with Crippen LogP contribution >= 0.6 is 0 Å². The van der Waals surface area contributed by atoms with Gasteiger partial charge in [-0.1, -0.05) is 18.2 Å². The SMILES string of the molecule is CC(C)OCCC(=O)NCc1ccc2c(c1)CNC2. The molecule has 104 valence electrons. The molecule has 1 heterocycles. The monoisotopic (exact) mass is 262 g/mol. The summed E-state index contributed by atoms with van der Waals surface area (Å²) in [6.07, 6.45) is 0.599. The van der Waals surface area contributed by atoms with Crippen molar-refractivity contribution < 1.29 is 9.53 Å². The van der Waals surface area contributed by atoms with E-state index in [4.69, 9.17) is 4.74 Å². The molecule has 0 aromatic heterocycles. The number of carbonyl (C=O) groups is 1. The van der Waals surface area contributed by atoms with E-state index in [9.17, 15) is 4.79 Å². The Morgan fingerprint density at radius 3 is 2.95 bits per heavy atom. The predicted molar refractivity (Wildman–Crippen MR) is 74.5 cm³/mol. The van der Waals surface area contributed by atoms with Crippen LogP contribution in [0.4, 0.5) is 0 Å². The van der Waals surface area contributed by atoms with Crippen LogP contribution in [0.15, 0.2) is 18.2 Å². The van der Waals surface area contributed by atoms with E-state index in [0.717, 1.165) is 18.7 Å². The third-order valence-corrected chi connectivity index (χ3v) is 3.17. The summed E-state index contributed by atoms with van der Waals surface area (Å²) in [4.78, 5) is 11.6. The number of benzene rings is 1. The molecule has 1 aliphatic heterocycles. The number of hydrogen-bond donors (Lipinski definition) is 2. The number of nitrogens with one attached hydrogen (secondary N) is 2. The summed E-state index contributed by atoms with van der Waals surface area (Å²) in [7, 11) is 0. The minimum atomic E-state index is 0.0410. The molecular formula is C15H22N2O2. The number of rotatable bonds is 6. The predicted octanol–water partition coefficient (Wildman–Crippen LogP) is 1.72. The number of carbonyl (C=O) groups excluding carboxylic acids is 1. The molecule has 1 aromatic carbocycles. The molecule has 1 amide bonds. The molecule has 0 radical (unpaired) electrons. The Kier molecular flexibility index (Phi) is 4.93. The number of hydrogen-bond acceptors (Lipinski definition) is 3. The lowest BCUT2D eigenvalue weighted by molar-refractivity contribution is -0.122. The summed E-state index contributed by atoms with van der Waals surface area (Å²) >= 11 is 0. The minimum absolute atomic E-state index is 0.0410. The first-order chi connectivity index (χ1) is 9.15. The highest BCUT2D eigenvalue weighted by atomic mass is 16.5. The van der Waals surface area contributed by atoms with Crippen molar-refractivity contribution in [2.45, 2.75) is 46.0 Å². The van der Waals surface area contributed by atoms with E-state index in [1.165, 1.54) is 11.1 Å². The van der Waals surface area contributed by atoms with Gasteiger partial charge < -0.3 is 15.4 Å². The molecule has 0 atom stereocenters. The highest BCUT2D eigenvalue weighted by molar-refractivity contribution is 5.75. The van der Waals surface area contributed by atoms with Gasteiger partial charge in [0.1, 0.15) is 0 Å². The van der Waals surface area contributed by atoms with Crippen LogP contribution in [0.1, 0.15) is 37.0 Å². The second-order valence-electron chi connectivity index (χ2n) is 5.15. The normalized spacial score (nSPS) is 13.6. The van der Waals surface area contributed by atoms with Gasteiger partial charge >= 0.3 is 0 Å². The quantitative estimate of drug-likeness (QED) is 0.820. The molecule has 4 nitrogen and oxygen atoms in total. The zero-order valence-corrected chi connectivity index (χ0v) is 11.7. The van der Waals surface area contributed by atoms with Crippen LogP contribution in [0.3, 0.4) is 0 Å². The highest BCUT2D eigenvalue weighted by Gasteiger charge is 2.10. The maximum Gasteiger partial charge on any atom is 0.222 e. The van der Waals surface area contributed by atoms with Crippen molar-refractivity contribution in [1.29, 1.82) is 0 Å². The molecule has 2 rings (SSSR count). The first kappa shape index (κ1) is 14.0. The van der Waals surface area contributed by atoms with E-state index < -0.39 is 0 Å². The molecular weight excluding hydrogens is 240 g/mol. The standard InChI is InChI=1S/C15H22N2O2/c1-11(2)19-6-5-15(18)17-8-12-3-4-13-9-16-10-14(13)7-12/h3-4,7,11,16H,5-6,8-10H2,1-2H3,(H,17,18). The van der Waals surface area contributed by atoms with Crippen LogP contribution in [-0.2, 0) is 29.2 Å². The largest absolute Gasteiger partial charge is 0.378 e. The van der Waals surface area contributed by atoms with Crippen molar-refractivity contribution >= 4 is 5.91 Å². The van der Waals surface area contributed by atoms with Crippen LogP contribution in [0.25, 0.3) is 0 Å². The Bertz CT molecular complexity index is 444. The number of ether oxygens (including phenoxy) is 1. The number of fused-ring (bicyclic) bond motifs is 1. The lowest BCUT2D eigenvalue weighted by atomic mass is 10.1. The van der Waals surface area contributed by atoms with Gasteiger partial charge in [-0.3, -0.25) is 4.79 Å². The maximum atomic E-state index is 11.6. The van der Waals surface area contributed by atoms with Gasteiger partial charge in [0.05, 0.1) is 12.7 Å². The first-order valence-corrected chi connectivity index (χ1v) is 6.85. The molecule has 1 aliphatic rings. The molecule has 4 heteroatoms. The molecule has 2 N–H and O–H groups in total. The van der Waals surface area contributed by atoms with Gasteiger partial charge in [0, 0.05) is 26.1 Å².